The van der Waals surface area contributed by atoms with Gasteiger partial charge < -0.3 is 14.7 Å². The zero-order valence-electron chi connectivity index (χ0n) is 10.5. The highest BCUT2D eigenvalue weighted by Gasteiger charge is 2.31. The summed E-state index contributed by atoms with van der Waals surface area (Å²) in [6.07, 6.45) is 3.94. The second-order valence-corrected chi connectivity index (χ2v) is 4.96. The molecule has 17 heavy (non-hydrogen) atoms. The maximum atomic E-state index is 4.62. The molecule has 1 saturated heterocycles. The highest BCUT2D eigenvalue weighted by Crippen LogP contribution is 2.17. The first-order valence-corrected chi connectivity index (χ1v) is 6.27. The van der Waals surface area contributed by atoms with Crippen molar-refractivity contribution in [2.45, 2.75) is 13.0 Å². The zero-order chi connectivity index (χ0) is 11.8. The first-order valence-electron chi connectivity index (χ1n) is 6.27. The Morgan fingerprint density at radius 1 is 1.18 bits per heavy atom. The van der Waals surface area contributed by atoms with E-state index in [2.05, 4.69) is 38.7 Å². The molecule has 3 aliphatic rings. The molecule has 3 aliphatic heterocycles. The summed E-state index contributed by atoms with van der Waals surface area (Å²) in [6.45, 7) is 7.38. The van der Waals surface area contributed by atoms with Gasteiger partial charge in [-0.25, -0.2) is 4.99 Å². The van der Waals surface area contributed by atoms with Gasteiger partial charge in [0, 0.05) is 38.6 Å². The minimum absolute atomic E-state index is 0.471. The third kappa shape index (κ3) is 1.84. The zero-order valence-corrected chi connectivity index (χ0v) is 10.5. The molecule has 1 atom stereocenters. The lowest BCUT2D eigenvalue weighted by atomic mass is 10.2. The van der Waals surface area contributed by atoms with Crippen molar-refractivity contribution >= 4 is 11.7 Å². The van der Waals surface area contributed by atoms with Gasteiger partial charge >= 0.3 is 0 Å². The van der Waals surface area contributed by atoms with Crippen LogP contribution >= 0.6 is 0 Å². The Labute approximate surface area is 102 Å². The van der Waals surface area contributed by atoms with E-state index < -0.39 is 0 Å². The van der Waals surface area contributed by atoms with Gasteiger partial charge in [0.1, 0.15) is 0 Å². The van der Waals surface area contributed by atoms with E-state index in [1.165, 1.54) is 0 Å². The standard InChI is InChI=1S/C12H19N5/c1-10-9-14-12-11(13-3-4-17(10)12)16-7-5-15(2)6-8-16/h3-4,10H,5-9H2,1-2H3. The van der Waals surface area contributed by atoms with Gasteiger partial charge in [0.05, 0.1) is 12.6 Å². The van der Waals surface area contributed by atoms with E-state index in [9.17, 15) is 0 Å². The topological polar surface area (TPSA) is 34.4 Å². The minimum Gasteiger partial charge on any atom is -0.351 e. The summed E-state index contributed by atoms with van der Waals surface area (Å²) in [5.74, 6) is 2.12. The van der Waals surface area contributed by atoms with Crippen LogP contribution in [-0.2, 0) is 0 Å². The highest BCUT2D eigenvalue weighted by atomic mass is 15.4. The lowest BCUT2D eigenvalue weighted by Crippen LogP contribution is -2.52. The molecule has 0 amide bonds. The Kier molecular flexibility index (Phi) is 2.63. The quantitative estimate of drug-likeness (QED) is 0.600. The van der Waals surface area contributed by atoms with Crippen LogP contribution in [-0.4, -0.2) is 72.2 Å². The molecule has 92 valence electrons. The number of nitrogens with zero attached hydrogens (tertiary/aromatic N) is 5. The molecule has 1 unspecified atom stereocenters. The van der Waals surface area contributed by atoms with Gasteiger partial charge in [0.2, 0.25) is 0 Å². The van der Waals surface area contributed by atoms with E-state index >= 15 is 0 Å². The Morgan fingerprint density at radius 3 is 2.71 bits per heavy atom. The van der Waals surface area contributed by atoms with Crippen molar-refractivity contribution in [2.75, 3.05) is 39.8 Å². The summed E-state index contributed by atoms with van der Waals surface area (Å²) < 4.78 is 0. The predicted octanol–water partition coefficient (Wildman–Crippen LogP) is 0.220. The Morgan fingerprint density at radius 2 is 1.94 bits per heavy atom. The monoisotopic (exact) mass is 233 g/mol. The lowest BCUT2D eigenvalue weighted by Gasteiger charge is -2.36. The largest absolute Gasteiger partial charge is 0.351 e. The molecular weight excluding hydrogens is 214 g/mol. The van der Waals surface area contributed by atoms with Gasteiger partial charge in [-0.2, -0.15) is 0 Å². The summed E-state index contributed by atoms with van der Waals surface area (Å²) in [4.78, 5) is 16.1. The van der Waals surface area contributed by atoms with Crippen molar-refractivity contribution in [1.82, 2.24) is 14.7 Å². The Hall–Kier alpha value is -1.36. The summed E-state index contributed by atoms with van der Waals surface area (Å²) in [5.41, 5.74) is 0. The van der Waals surface area contributed by atoms with Crippen molar-refractivity contribution < 1.29 is 0 Å². The fourth-order valence-corrected chi connectivity index (χ4v) is 2.48. The van der Waals surface area contributed by atoms with E-state index in [-0.39, 0.29) is 0 Å². The summed E-state index contributed by atoms with van der Waals surface area (Å²) in [5, 5.41) is 0. The van der Waals surface area contributed by atoms with Crippen molar-refractivity contribution in [3.05, 3.63) is 12.4 Å². The van der Waals surface area contributed by atoms with Crippen molar-refractivity contribution in [2.24, 2.45) is 9.98 Å². The van der Waals surface area contributed by atoms with Gasteiger partial charge in [0.15, 0.2) is 11.7 Å². The van der Waals surface area contributed by atoms with E-state index in [1.54, 1.807) is 0 Å². The summed E-state index contributed by atoms with van der Waals surface area (Å²) >= 11 is 0. The summed E-state index contributed by atoms with van der Waals surface area (Å²) in [6, 6.07) is 0.471. The van der Waals surface area contributed by atoms with E-state index in [0.29, 0.717) is 6.04 Å². The van der Waals surface area contributed by atoms with Crippen LogP contribution in [0.25, 0.3) is 0 Å². The fraction of sp³-hybridized carbons (Fsp3) is 0.667. The van der Waals surface area contributed by atoms with Crippen LogP contribution in [0.1, 0.15) is 6.92 Å². The van der Waals surface area contributed by atoms with Crippen molar-refractivity contribution in [3.63, 3.8) is 0 Å². The SMILES string of the molecule is CC1CN=C2C(N3CCN(C)CC3)=NC=CN21. The van der Waals surface area contributed by atoms with Gasteiger partial charge in [-0.3, -0.25) is 4.99 Å². The first-order chi connectivity index (χ1) is 8.25. The maximum absolute atomic E-state index is 4.62. The molecule has 0 spiro atoms. The summed E-state index contributed by atoms with van der Waals surface area (Å²) in [7, 11) is 2.17. The predicted molar refractivity (Wildman–Crippen MR) is 69.2 cm³/mol. The molecule has 0 N–H and O–H groups in total. The maximum Gasteiger partial charge on any atom is 0.172 e. The van der Waals surface area contributed by atoms with Gasteiger partial charge in [-0.1, -0.05) is 0 Å². The highest BCUT2D eigenvalue weighted by molar-refractivity contribution is 6.41. The average Bonchev–Trinajstić information content (AvgIpc) is 2.73. The normalized spacial score (nSPS) is 29.2. The van der Waals surface area contributed by atoms with Crippen LogP contribution in [0.3, 0.4) is 0 Å². The van der Waals surface area contributed by atoms with Crippen LogP contribution in [0.15, 0.2) is 22.4 Å². The minimum atomic E-state index is 0.471. The smallest absolute Gasteiger partial charge is 0.172 e. The molecule has 0 aromatic rings. The number of hydrogen-bond donors (Lipinski definition) is 0. The Balaban J connectivity index is 1.79. The molecule has 0 aliphatic carbocycles. The second-order valence-electron chi connectivity index (χ2n) is 4.96. The Bertz CT molecular complexity index is 390. The van der Waals surface area contributed by atoms with Crippen LogP contribution < -0.4 is 0 Å². The van der Waals surface area contributed by atoms with Crippen molar-refractivity contribution in [1.29, 1.82) is 0 Å². The number of amidine groups is 2. The molecule has 5 nitrogen and oxygen atoms in total. The van der Waals surface area contributed by atoms with Crippen LogP contribution in [0.2, 0.25) is 0 Å². The third-order valence-corrected chi connectivity index (χ3v) is 3.65. The van der Waals surface area contributed by atoms with Gasteiger partial charge in [-0.05, 0) is 14.0 Å². The first kappa shape index (κ1) is 10.8. The molecule has 3 heterocycles. The molecule has 5 heteroatoms. The molecule has 3 rings (SSSR count). The van der Waals surface area contributed by atoms with E-state index in [1.807, 2.05) is 12.4 Å². The second kappa shape index (κ2) is 4.14. The number of likely N-dealkylation sites (N-methyl/N-ethyl adjacent to an activating group) is 1. The number of rotatable bonds is 0. The third-order valence-electron chi connectivity index (χ3n) is 3.65. The van der Waals surface area contributed by atoms with Crippen LogP contribution in [0.5, 0.6) is 0 Å². The number of hydrogen-bond acceptors (Lipinski definition) is 5. The molecular formula is C12H19N5. The van der Waals surface area contributed by atoms with E-state index in [0.717, 1.165) is 44.4 Å². The fourth-order valence-electron chi connectivity index (χ4n) is 2.48. The molecule has 0 aromatic carbocycles. The number of aliphatic imine (C=N–C) groups is 2. The molecule has 0 radical (unpaired) electrons. The lowest BCUT2D eigenvalue weighted by molar-refractivity contribution is 0.216. The number of fused-ring (bicyclic) bond motifs is 1. The van der Waals surface area contributed by atoms with Crippen LogP contribution in [0.4, 0.5) is 0 Å². The molecule has 0 bridgehead atoms. The molecule has 0 saturated carbocycles. The van der Waals surface area contributed by atoms with Crippen LogP contribution in [0, 0.1) is 0 Å². The van der Waals surface area contributed by atoms with Gasteiger partial charge in [-0.15, -0.1) is 0 Å². The molecule has 1 fully saturated rings. The van der Waals surface area contributed by atoms with E-state index in [4.69, 9.17) is 0 Å². The van der Waals surface area contributed by atoms with Crippen molar-refractivity contribution in [3.8, 4) is 0 Å². The molecule has 0 aromatic heterocycles. The van der Waals surface area contributed by atoms with Gasteiger partial charge in [0.25, 0.3) is 0 Å². The number of piperazine rings is 1. The average molecular weight is 233 g/mol.